The second-order valence-corrected chi connectivity index (χ2v) is 5.80. The number of rotatable bonds is 3. The maximum Gasteiger partial charge on any atom is 0.328 e. The molecule has 0 radical (unpaired) electrons. The van der Waals surface area contributed by atoms with Crippen molar-refractivity contribution >= 4 is 11.9 Å². The Hall–Kier alpha value is -1.14. The van der Waals surface area contributed by atoms with Gasteiger partial charge in [-0.05, 0) is 33.1 Å². The van der Waals surface area contributed by atoms with Gasteiger partial charge in [0.15, 0.2) is 0 Å². The van der Waals surface area contributed by atoms with Gasteiger partial charge in [-0.3, -0.25) is 4.79 Å². The molecule has 2 saturated heterocycles. The summed E-state index contributed by atoms with van der Waals surface area (Å²) in [5.41, 5.74) is 5.28. The number of piperidine rings is 1. The molecular formula is C14H24N2O4. The summed E-state index contributed by atoms with van der Waals surface area (Å²) in [5.74, 6) is -0.392. The van der Waals surface area contributed by atoms with Gasteiger partial charge in [0.2, 0.25) is 5.91 Å². The van der Waals surface area contributed by atoms with Crippen LogP contribution in [0, 0.1) is 5.41 Å². The Balaban J connectivity index is 2.15. The molecule has 0 aromatic carbocycles. The van der Waals surface area contributed by atoms with Gasteiger partial charge in [0.25, 0.3) is 0 Å². The van der Waals surface area contributed by atoms with Crippen LogP contribution in [0.4, 0.5) is 0 Å². The average Bonchev–Trinajstić information content (AvgIpc) is 2.79. The van der Waals surface area contributed by atoms with E-state index in [1.807, 2.05) is 6.92 Å². The number of hydrogen-bond donors (Lipinski definition) is 1. The first-order valence-electron chi connectivity index (χ1n) is 7.31. The molecule has 114 valence electrons. The number of hydrogen-bond acceptors (Lipinski definition) is 5. The molecule has 0 saturated carbocycles. The fourth-order valence-corrected chi connectivity index (χ4v) is 2.90. The van der Waals surface area contributed by atoms with Crippen LogP contribution in [0.25, 0.3) is 0 Å². The maximum absolute atomic E-state index is 12.8. The second kappa shape index (κ2) is 6.10. The average molecular weight is 284 g/mol. The van der Waals surface area contributed by atoms with Crippen molar-refractivity contribution in [1.82, 2.24) is 4.90 Å². The smallest absolute Gasteiger partial charge is 0.328 e. The van der Waals surface area contributed by atoms with Crippen LogP contribution in [-0.4, -0.2) is 55.2 Å². The quantitative estimate of drug-likeness (QED) is 0.754. The van der Waals surface area contributed by atoms with Gasteiger partial charge in [-0.25, -0.2) is 4.79 Å². The van der Waals surface area contributed by atoms with Gasteiger partial charge in [0.05, 0.1) is 25.2 Å². The van der Waals surface area contributed by atoms with Crippen molar-refractivity contribution in [2.45, 2.75) is 45.2 Å². The van der Waals surface area contributed by atoms with E-state index in [-0.39, 0.29) is 17.9 Å². The minimum absolute atomic E-state index is 0.0831. The van der Waals surface area contributed by atoms with E-state index in [1.165, 1.54) is 0 Å². The number of ether oxygens (including phenoxy) is 2. The highest BCUT2D eigenvalue weighted by Gasteiger charge is 2.49. The zero-order valence-corrected chi connectivity index (χ0v) is 12.3. The fraction of sp³-hybridized carbons (Fsp3) is 0.857. The normalized spacial score (nSPS) is 34.0. The lowest BCUT2D eigenvalue weighted by Gasteiger charge is -2.39. The van der Waals surface area contributed by atoms with Crippen LogP contribution >= 0.6 is 0 Å². The lowest BCUT2D eigenvalue weighted by molar-refractivity contribution is -0.160. The number of carbonyl (C=O) groups is 2. The predicted octanol–water partition coefficient (Wildman–Crippen LogP) is 0.294. The molecule has 0 bridgehead atoms. The Morgan fingerprint density at radius 1 is 1.45 bits per heavy atom. The molecule has 20 heavy (non-hydrogen) atoms. The number of nitrogens with two attached hydrogens (primary N) is 1. The first-order chi connectivity index (χ1) is 9.50. The molecule has 6 heteroatoms. The Bertz CT molecular complexity index is 387. The van der Waals surface area contributed by atoms with Gasteiger partial charge < -0.3 is 20.1 Å². The number of nitrogens with zero attached hydrogens (tertiary/aromatic N) is 1. The third kappa shape index (κ3) is 2.67. The Labute approximate surface area is 119 Å². The number of likely N-dealkylation sites (tertiary alicyclic amines) is 1. The molecule has 3 atom stereocenters. The number of amides is 1. The molecule has 0 aromatic rings. The van der Waals surface area contributed by atoms with E-state index in [4.69, 9.17) is 15.2 Å². The summed E-state index contributed by atoms with van der Waals surface area (Å²) in [6.45, 7) is 5.22. The van der Waals surface area contributed by atoms with Gasteiger partial charge in [-0.1, -0.05) is 0 Å². The summed E-state index contributed by atoms with van der Waals surface area (Å²) in [5, 5.41) is 0. The van der Waals surface area contributed by atoms with Crippen molar-refractivity contribution in [2.75, 3.05) is 26.4 Å². The van der Waals surface area contributed by atoms with Crippen molar-refractivity contribution in [3.63, 3.8) is 0 Å². The zero-order valence-electron chi connectivity index (χ0n) is 12.3. The molecule has 2 heterocycles. The van der Waals surface area contributed by atoms with Crippen LogP contribution in [0.5, 0.6) is 0 Å². The predicted molar refractivity (Wildman–Crippen MR) is 72.9 cm³/mol. The topological polar surface area (TPSA) is 81.9 Å². The second-order valence-electron chi connectivity index (χ2n) is 5.80. The van der Waals surface area contributed by atoms with Crippen LogP contribution in [-0.2, 0) is 19.1 Å². The maximum atomic E-state index is 12.8. The molecule has 2 rings (SSSR count). The van der Waals surface area contributed by atoms with E-state index in [0.717, 1.165) is 12.8 Å². The fourth-order valence-electron chi connectivity index (χ4n) is 2.90. The van der Waals surface area contributed by atoms with E-state index in [1.54, 1.807) is 11.8 Å². The van der Waals surface area contributed by atoms with E-state index >= 15 is 0 Å². The minimum Gasteiger partial charge on any atom is -0.464 e. The Morgan fingerprint density at radius 3 is 2.80 bits per heavy atom. The monoisotopic (exact) mass is 284 g/mol. The molecule has 6 nitrogen and oxygen atoms in total. The molecule has 3 unspecified atom stereocenters. The van der Waals surface area contributed by atoms with E-state index < -0.39 is 11.5 Å². The minimum atomic E-state index is -0.734. The summed E-state index contributed by atoms with van der Waals surface area (Å²) >= 11 is 0. The largest absolute Gasteiger partial charge is 0.464 e. The van der Waals surface area contributed by atoms with E-state index in [0.29, 0.717) is 32.8 Å². The molecule has 2 aliphatic heterocycles. The van der Waals surface area contributed by atoms with Crippen molar-refractivity contribution in [3.8, 4) is 0 Å². The SMILES string of the molecule is CCOC(=O)C1CCCCN1C(=O)C1(C)COCC1N. The number of esters is 1. The van der Waals surface area contributed by atoms with Crippen molar-refractivity contribution in [2.24, 2.45) is 11.1 Å². The Morgan fingerprint density at radius 2 is 2.20 bits per heavy atom. The lowest BCUT2D eigenvalue weighted by Crippen LogP contribution is -2.57. The molecule has 2 aliphatic rings. The third-order valence-corrected chi connectivity index (χ3v) is 4.33. The summed E-state index contributed by atoms with van der Waals surface area (Å²) in [4.78, 5) is 26.5. The summed E-state index contributed by atoms with van der Waals surface area (Å²) in [6.07, 6.45) is 2.51. The highest BCUT2D eigenvalue weighted by molar-refractivity contribution is 5.89. The van der Waals surface area contributed by atoms with Gasteiger partial charge in [-0.15, -0.1) is 0 Å². The molecule has 0 aliphatic carbocycles. The van der Waals surface area contributed by atoms with Crippen molar-refractivity contribution in [3.05, 3.63) is 0 Å². The standard InChI is InChI=1S/C14H24N2O4/c1-3-20-12(17)10-6-4-5-7-16(10)13(18)14(2)9-19-8-11(14)15/h10-11H,3-9,15H2,1-2H3. The molecule has 0 aromatic heterocycles. The zero-order chi connectivity index (χ0) is 14.8. The first-order valence-corrected chi connectivity index (χ1v) is 7.31. The molecule has 2 N–H and O–H groups in total. The molecule has 2 fully saturated rings. The van der Waals surface area contributed by atoms with Gasteiger partial charge in [-0.2, -0.15) is 0 Å². The molecule has 0 spiro atoms. The first kappa shape index (κ1) is 15.3. The summed E-state index contributed by atoms with van der Waals surface area (Å²) in [6, 6.07) is -0.791. The highest BCUT2D eigenvalue weighted by atomic mass is 16.5. The summed E-state index contributed by atoms with van der Waals surface area (Å²) in [7, 11) is 0. The van der Waals surface area contributed by atoms with Gasteiger partial charge in [0.1, 0.15) is 6.04 Å². The van der Waals surface area contributed by atoms with Crippen molar-refractivity contribution in [1.29, 1.82) is 0 Å². The molecule has 1 amide bonds. The summed E-state index contributed by atoms with van der Waals surface area (Å²) < 4.78 is 10.4. The third-order valence-electron chi connectivity index (χ3n) is 4.33. The lowest BCUT2D eigenvalue weighted by atomic mass is 9.83. The Kier molecular flexibility index (Phi) is 4.65. The van der Waals surface area contributed by atoms with Crippen LogP contribution in [0.1, 0.15) is 33.1 Å². The van der Waals surface area contributed by atoms with Crippen LogP contribution < -0.4 is 5.73 Å². The van der Waals surface area contributed by atoms with Crippen LogP contribution in [0.15, 0.2) is 0 Å². The molecular weight excluding hydrogens is 260 g/mol. The van der Waals surface area contributed by atoms with Gasteiger partial charge >= 0.3 is 5.97 Å². The number of carbonyl (C=O) groups excluding carboxylic acids is 2. The van der Waals surface area contributed by atoms with Gasteiger partial charge in [0, 0.05) is 12.6 Å². The van der Waals surface area contributed by atoms with Crippen molar-refractivity contribution < 1.29 is 19.1 Å². The highest BCUT2D eigenvalue weighted by Crippen LogP contribution is 2.32. The van der Waals surface area contributed by atoms with E-state index in [9.17, 15) is 9.59 Å². The van der Waals surface area contributed by atoms with E-state index in [2.05, 4.69) is 0 Å². The van der Waals surface area contributed by atoms with Crippen LogP contribution in [0.3, 0.4) is 0 Å². The van der Waals surface area contributed by atoms with Crippen LogP contribution in [0.2, 0.25) is 0 Å².